The van der Waals surface area contributed by atoms with Crippen molar-refractivity contribution in [3.8, 4) is 22.8 Å². The van der Waals surface area contributed by atoms with Gasteiger partial charge in [-0.3, -0.25) is 9.89 Å². The van der Waals surface area contributed by atoms with Gasteiger partial charge in [-0.1, -0.05) is 11.6 Å². The molecule has 1 heterocycles. The lowest BCUT2D eigenvalue weighted by atomic mass is 10.1. The molecule has 0 saturated carbocycles. The van der Waals surface area contributed by atoms with Crippen LogP contribution >= 0.6 is 11.6 Å². The zero-order chi connectivity index (χ0) is 19.9. The summed E-state index contributed by atoms with van der Waals surface area (Å²) in [6, 6.07) is 12.7. The Morgan fingerprint density at radius 1 is 1.29 bits per heavy atom. The zero-order valence-electron chi connectivity index (χ0n) is 15.4. The fourth-order valence-electron chi connectivity index (χ4n) is 2.51. The van der Waals surface area contributed by atoms with Gasteiger partial charge in [0.05, 0.1) is 25.2 Å². The van der Waals surface area contributed by atoms with Crippen LogP contribution < -0.4 is 14.9 Å². The standard InChI is InChI=1S/C20H19ClN4O3/c1-13-9-16(21)5-8-18(13)28-12-19(26)24-22-10-15-11-23-25-20(15)14-3-6-17(27-2)7-4-14/h3-11H,12H2,1-2H3,(H,23,25)(H,24,26). The first-order chi connectivity index (χ1) is 13.6. The molecule has 2 N–H and O–H groups in total. The van der Waals surface area contributed by atoms with Crippen molar-refractivity contribution in [2.24, 2.45) is 5.10 Å². The molecular formula is C20H19ClN4O3. The minimum absolute atomic E-state index is 0.156. The van der Waals surface area contributed by atoms with Gasteiger partial charge in [0.25, 0.3) is 5.91 Å². The van der Waals surface area contributed by atoms with Gasteiger partial charge in [0.15, 0.2) is 6.61 Å². The molecule has 0 aliphatic heterocycles. The first-order valence-electron chi connectivity index (χ1n) is 8.45. The Hall–Kier alpha value is -3.32. The number of ether oxygens (including phenoxy) is 2. The lowest BCUT2D eigenvalue weighted by Crippen LogP contribution is -2.24. The van der Waals surface area contributed by atoms with E-state index >= 15 is 0 Å². The third-order valence-electron chi connectivity index (χ3n) is 3.94. The predicted molar refractivity (Wildman–Crippen MR) is 108 cm³/mol. The van der Waals surface area contributed by atoms with Crippen LogP contribution in [-0.2, 0) is 4.79 Å². The SMILES string of the molecule is COc1ccc(-c2[nH]ncc2C=NNC(=O)COc2ccc(Cl)cc2C)cc1. The Labute approximate surface area is 167 Å². The van der Waals surface area contributed by atoms with E-state index in [-0.39, 0.29) is 12.5 Å². The Kier molecular flexibility index (Phi) is 6.29. The van der Waals surface area contributed by atoms with Crippen molar-refractivity contribution in [3.63, 3.8) is 0 Å². The van der Waals surface area contributed by atoms with Gasteiger partial charge in [-0.05, 0) is 55.0 Å². The molecule has 0 fully saturated rings. The number of hydrogen-bond donors (Lipinski definition) is 2. The van der Waals surface area contributed by atoms with E-state index < -0.39 is 0 Å². The molecule has 1 amide bonds. The lowest BCUT2D eigenvalue weighted by Gasteiger charge is -2.08. The van der Waals surface area contributed by atoms with Crippen LogP contribution in [0.15, 0.2) is 53.8 Å². The van der Waals surface area contributed by atoms with E-state index in [1.165, 1.54) is 6.21 Å². The van der Waals surface area contributed by atoms with Crippen molar-refractivity contribution in [2.75, 3.05) is 13.7 Å². The number of hydrogen-bond acceptors (Lipinski definition) is 5. The number of amides is 1. The number of carbonyl (C=O) groups excluding carboxylic acids is 1. The van der Waals surface area contributed by atoms with Gasteiger partial charge in [0.1, 0.15) is 11.5 Å². The summed E-state index contributed by atoms with van der Waals surface area (Å²) in [5.74, 6) is 0.988. The van der Waals surface area contributed by atoms with E-state index in [0.29, 0.717) is 10.8 Å². The maximum atomic E-state index is 11.9. The molecule has 0 unspecified atom stereocenters. The normalized spacial score (nSPS) is 10.8. The zero-order valence-corrected chi connectivity index (χ0v) is 16.2. The van der Waals surface area contributed by atoms with Gasteiger partial charge in [-0.25, -0.2) is 5.43 Å². The molecule has 0 atom stereocenters. The van der Waals surface area contributed by atoms with Crippen LogP contribution in [0.5, 0.6) is 11.5 Å². The molecular weight excluding hydrogens is 380 g/mol. The number of carbonyl (C=O) groups is 1. The quantitative estimate of drug-likeness (QED) is 0.470. The number of H-pyrrole nitrogens is 1. The van der Waals surface area contributed by atoms with Crippen LogP contribution in [0, 0.1) is 6.92 Å². The van der Waals surface area contributed by atoms with Crippen molar-refractivity contribution in [1.82, 2.24) is 15.6 Å². The minimum atomic E-state index is -0.375. The number of aryl methyl sites for hydroxylation is 1. The third kappa shape index (κ3) is 4.89. The number of methoxy groups -OCH3 is 1. The number of hydrazone groups is 1. The molecule has 3 aromatic rings. The highest BCUT2D eigenvalue weighted by atomic mass is 35.5. The molecule has 0 aliphatic carbocycles. The van der Waals surface area contributed by atoms with E-state index in [1.807, 2.05) is 31.2 Å². The van der Waals surface area contributed by atoms with Crippen molar-refractivity contribution < 1.29 is 14.3 Å². The first-order valence-corrected chi connectivity index (χ1v) is 8.83. The number of nitrogens with zero attached hydrogens (tertiary/aromatic N) is 2. The van der Waals surface area contributed by atoms with Crippen molar-refractivity contribution in [3.05, 3.63) is 64.8 Å². The second-order valence-corrected chi connectivity index (χ2v) is 6.36. The second kappa shape index (κ2) is 9.05. The van der Waals surface area contributed by atoms with Crippen LogP contribution in [-0.4, -0.2) is 36.0 Å². The molecule has 0 spiro atoms. The summed E-state index contributed by atoms with van der Waals surface area (Å²) in [7, 11) is 1.62. The van der Waals surface area contributed by atoms with E-state index in [1.54, 1.807) is 31.5 Å². The Balaban J connectivity index is 1.57. The highest BCUT2D eigenvalue weighted by Gasteiger charge is 2.07. The lowest BCUT2D eigenvalue weighted by molar-refractivity contribution is -0.123. The topological polar surface area (TPSA) is 88.6 Å². The minimum Gasteiger partial charge on any atom is -0.497 e. The highest BCUT2D eigenvalue weighted by Crippen LogP contribution is 2.23. The van der Waals surface area contributed by atoms with E-state index in [0.717, 1.165) is 28.1 Å². The summed E-state index contributed by atoms with van der Waals surface area (Å²) >= 11 is 5.90. The van der Waals surface area contributed by atoms with Gasteiger partial charge in [0, 0.05) is 16.1 Å². The number of nitrogens with one attached hydrogen (secondary N) is 2. The van der Waals surface area contributed by atoms with E-state index in [4.69, 9.17) is 21.1 Å². The fraction of sp³-hybridized carbons (Fsp3) is 0.150. The first kappa shape index (κ1) is 19.4. The van der Waals surface area contributed by atoms with Gasteiger partial charge < -0.3 is 9.47 Å². The van der Waals surface area contributed by atoms with Gasteiger partial charge >= 0.3 is 0 Å². The summed E-state index contributed by atoms with van der Waals surface area (Å²) in [6.45, 7) is 1.70. The number of halogens is 1. The Morgan fingerprint density at radius 2 is 2.07 bits per heavy atom. The molecule has 1 aromatic heterocycles. The average Bonchev–Trinajstić information content (AvgIpc) is 3.16. The molecule has 0 radical (unpaired) electrons. The molecule has 0 bridgehead atoms. The highest BCUT2D eigenvalue weighted by molar-refractivity contribution is 6.30. The van der Waals surface area contributed by atoms with Crippen LogP contribution in [0.1, 0.15) is 11.1 Å². The molecule has 8 heteroatoms. The maximum Gasteiger partial charge on any atom is 0.277 e. The van der Waals surface area contributed by atoms with Crippen LogP contribution in [0.3, 0.4) is 0 Å². The van der Waals surface area contributed by atoms with Gasteiger partial charge in [0.2, 0.25) is 0 Å². The summed E-state index contributed by atoms with van der Waals surface area (Å²) in [6.07, 6.45) is 3.15. The van der Waals surface area contributed by atoms with Crippen LogP contribution in [0.25, 0.3) is 11.3 Å². The molecule has 0 saturated heterocycles. The third-order valence-corrected chi connectivity index (χ3v) is 4.17. The van der Waals surface area contributed by atoms with Gasteiger partial charge in [-0.2, -0.15) is 10.2 Å². The largest absolute Gasteiger partial charge is 0.497 e. The van der Waals surface area contributed by atoms with Crippen LogP contribution in [0.4, 0.5) is 0 Å². The molecule has 0 aliphatic rings. The average molecular weight is 399 g/mol. The Bertz CT molecular complexity index is 983. The van der Waals surface area contributed by atoms with Gasteiger partial charge in [-0.15, -0.1) is 0 Å². The fourth-order valence-corrected chi connectivity index (χ4v) is 2.73. The van der Waals surface area contributed by atoms with Crippen molar-refractivity contribution >= 4 is 23.7 Å². The smallest absolute Gasteiger partial charge is 0.277 e. The molecule has 3 rings (SSSR count). The number of aromatic amines is 1. The van der Waals surface area contributed by atoms with E-state index in [9.17, 15) is 4.79 Å². The second-order valence-electron chi connectivity index (χ2n) is 5.92. The monoisotopic (exact) mass is 398 g/mol. The summed E-state index contributed by atoms with van der Waals surface area (Å²) in [5.41, 5.74) is 5.74. The number of benzene rings is 2. The number of aromatic nitrogens is 2. The molecule has 28 heavy (non-hydrogen) atoms. The molecule has 7 nitrogen and oxygen atoms in total. The van der Waals surface area contributed by atoms with Crippen molar-refractivity contribution in [1.29, 1.82) is 0 Å². The molecule has 2 aromatic carbocycles. The summed E-state index contributed by atoms with van der Waals surface area (Å²) in [5, 5.41) is 11.6. The summed E-state index contributed by atoms with van der Waals surface area (Å²) in [4.78, 5) is 11.9. The predicted octanol–water partition coefficient (Wildman–Crippen LogP) is 3.58. The van der Waals surface area contributed by atoms with Crippen molar-refractivity contribution in [2.45, 2.75) is 6.92 Å². The number of rotatable bonds is 7. The maximum absolute atomic E-state index is 11.9. The summed E-state index contributed by atoms with van der Waals surface area (Å²) < 4.78 is 10.6. The molecule has 144 valence electrons. The van der Waals surface area contributed by atoms with Crippen LogP contribution in [0.2, 0.25) is 5.02 Å². The van der Waals surface area contributed by atoms with E-state index in [2.05, 4.69) is 20.7 Å². The Morgan fingerprint density at radius 3 is 2.79 bits per heavy atom.